The number of carbonyl (C=O) groups is 1. The van der Waals surface area contributed by atoms with Crippen LogP contribution in [0.2, 0.25) is 4.34 Å². The van der Waals surface area contributed by atoms with Gasteiger partial charge in [0.1, 0.15) is 6.29 Å². The van der Waals surface area contributed by atoms with Gasteiger partial charge in [0, 0.05) is 11.3 Å². The van der Waals surface area contributed by atoms with Crippen LogP contribution in [0, 0.1) is 0 Å². The highest BCUT2D eigenvalue weighted by atomic mass is 35.5. The summed E-state index contributed by atoms with van der Waals surface area (Å²) in [6.07, 6.45) is 0.139. The molecule has 0 aliphatic carbocycles. The molecule has 0 aliphatic rings. The molecule has 0 spiro atoms. The van der Waals surface area contributed by atoms with Crippen LogP contribution in [0.4, 0.5) is 0 Å². The molecule has 2 nitrogen and oxygen atoms in total. The molecule has 1 aromatic heterocycles. The van der Waals surface area contributed by atoms with E-state index in [1.165, 1.54) is 11.3 Å². The Morgan fingerprint density at radius 3 is 2.91 bits per heavy atom. The number of rotatable bonds is 3. The van der Waals surface area contributed by atoms with Gasteiger partial charge in [-0.25, -0.2) is 0 Å². The van der Waals surface area contributed by atoms with E-state index in [0.29, 0.717) is 10.6 Å². The summed E-state index contributed by atoms with van der Waals surface area (Å²) in [6, 6.07) is 3.43. The minimum atomic E-state index is -0.690. The Hall–Kier alpha value is -0.380. The summed E-state index contributed by atoms with van der Waals surface area (Å²) in [4.78, 5) is 10.7. The van der Waals surface area contributed by atoms with Crippen LogP contribution in [-0.4, -0.2) is 11.4 Å². The highest BCUT2D eigenvalue weighted by Crippen LogP contribution is 2.27. The van der Waals surface area contributed by atoms with Gasteiger partial charge in [-0.05, 0) is 12.1 Å². The second-order valence-electron chi connectivity index (χ2n) is 2.06. The Bertz CT molecular complexity index is 246. The molecule has 0 aromatic carbocycles. The first-order chi connectivity index (χ1) is 5.24. The van der Waals surface area contributed by atoms with Gasteiger partial charge in [0.05, 0.1) is 10.4 Å². The molecule has 0 saturated heterocycles. The van der Waals surface area contributed by atoms with Crippen molar-refractivity contribution >= 4 is 29.2 Å². The minimum absolute atomic E-state index is 0.136. The molecule has 0 unspecified atom stereocenters. The number of aliphatic hydroxyl groups excluding tert-OH is 1. The summed E-state index contributed by atoms with van der Waals surface area (Å²) in [5.41, 5.74) is 0. The zero-order chi connectivity index (χ0) is 8.27. The van der Waals surface area contributed by atoms with Crippen LogP contribution < -0.4 is 0 Å². The molecule has 1 N–H and O–H groups in total. The first-order valence-electron chi connectivity index (χ1n) is 3.11. The summed E-state index contributed by atoms with van der Waals surface area (Å²) >= 11 is 6.92. The van der Waals surface area contributed by atoms with Crippen molar-refractivity contribution in [1.82, 2.24) is 0 Å². The van der Waals surface area contributed by atoms with Gasteiger partial charge in [-0.2, -0.15) is 0 Å². The number of thiophene rings is 1. The molecule has 0 saturated carbocycles. The first-order valence-corrected chi connectivity index (χ1v) is 4.30. The van der Waals surface area contributed by atoms with E-state index in [1.807, 2.05) is 0 Å². The monoisotopic (exact) mass is 190 g/mol. The summed E-state index contributed by atoms with van der Waals surface area (Å²) in [7, 11) is 0. The fourth-order valence-corrected chi connectivity index (χ4v) is 1.77. The average Bonchev–Trinajstić information content (AvgIpc) is 2.36. The minimum Gasteiger partial charge on any atom is -0.387 e. The van der Waals surface area contributed by atoms with Crippen molar-refractivity contribution in [1.29, 1.82) is 0 Å². The second kappa shape index (κ2) is 3.85. The predicted molar refractivity (Wildman–Crippen MR) is 45.0 cm³/mol. The van der Waals surface area contributed by atoms with Crippen molar-refractivity contribution < 1.29 is 9.90 Å². The van der Waals surface area contributed by atoms with Crippen LogP contribution in [0.1, 0.15) is 17.4 Å². The molecular formula is C7H7ClO2S. The van der Waals surface area contributed by atoms with Crippen molar-refractivity contribution in [3.63, 3.8) is 0 Å². The molecule has 0 bridgehead atoms. The standard InChI is InChI=1S/C7H7ClO2S/c8-7-2-1-6(11-7)5(10)3-4-9/h1-2,4-5,10H,3H2/t5-/m0/s1. The molecule has 11 heavy (non-hydrogen) atoms. The van der Waals surface area contributed by atoms with Crippen molar-refractivity contribution in [2.24, 2.45) is 0 Å². The van der Waals surface area contributed by atoms with Crippen LogP contribution in [0.25, 0.3) is 0 Å². The van der Waals surface area contributed by atoms with E-state index in [9.17, 15) is 9.90 Å². The van der Waals surface area contributed by atoms with E-state index in [0.717, 1.165) is 4.88 Å². The topological polar surface area (TPSA) is 37.3 Å². The lowest BCUT2D eigenvalue weighted by Gasteiger charge is -2.00. The SMILES string of the molecule is O=CC[C@H](O)c1ccc(Cl)s1. The van der Waals surface area contributed by atoms with Gasteiger partial charge in [-0.3, -0.25) is 0 Å². The second-order valence-corrected chi connectivity index (χ2v) is 3.81. The number of halogens is 1. The van der Waals surface area contributed by atoms with Gasteiger partial charge in [0.15, 0.2) is 0 Å². The lowest BCUT2D eigenvalue weighted by molar-refractivity contribution is -0.109. The molecule has 0 aliphatic heterocycles. The van der Waals surface area contributed by atoms with E-state index in [-0.39, 0.29) is 6.42 Å². The molecule has 0 radical (unpaired) electrons. The molecule has 0 fully saturated rings. The summed E-state index contributed by atoms with van der Waals surface area (Å²) < 4.78 is 0.630. The lowest BCUT2D eigenvalue weighted by atomic mass is 10.2. The van der Waals surface area contributed by atoms with Crippen LogP contribution in [-0.2, 0) is 4.79 Å². The maximum Gasteiger partial charge on any atom is 0.122 e. The molecule has 4 heteroatoms. The van der Waals surface area contributed by atoms with Gasteiger partial charge in [-0.1, -0.05) is 11.6 Å². The Kier molecular flexibility index (Phi) is 3.05. The van der Waals surface area contributed by atoms with E-state index in [4.69, 9.17) is 11.6 Å². The van der Waals surface area contributed by atoms with Crippen molar-refractivity contribution in [3.05, 3.63) is 21.3 Å². The molecule has 1 aromatic rings. The van der Waals surface area contributed by atoms with E-state index in [1.54, 1.807) is 12.1 Å². The maximum absolute atomic E-state index is 10.0. The smallest absolute Gasteiger partial charge is 0.122 e. The molecular weight excluding hydrogens is 184 g/mol. The summed E-state index contributed by atoms with van der Waals surface area (Å²) in [6.45, 7) is 0. The quantitative estimate of drug-likeness (QED) is 0.741. The zero-order valence-electron chi connectivity index (χ0n) is 5.66. The summed E-state index contributed by atoms with van der Waals surface area (Å²) in [5.74, 6) is 0. The predicted octanol–water partition coefficient (Wildman–Crippen LogP) is 2.02. The van der Waals surface area contributed by atoms with Crippen LogP contribution >= 0.6 is 22.9 Å². The average molecular weight is 191 g/mol. The van der Waals surface area contributed by atoms with Crippen LogP contribution in [0.15, 0.2) is 12.1 Å². The number of hydrogen-bond acceptors (Lipinski definition) is 3. The van der Waals surface area contributed by atoms with E-state index < -0.39 is 6.10 Å². The highest BCUT2D eigenvalue weighted by molar-refractivity contribution is 7.16. The third kappa shape index (κ3) is 2.29. The number of aldehydes is 1. The Morgan fingerprint density at radius 2 is 2.45 bits per heavy atom. The fourth-order valence-electron chi connectivity index (χ4n) is 0.715. The fraction of sp³-hybridized carbons (Fsp3) is 0.286. The maximum atomic E-state index is 10.0. The van der Waals surface area contributed by atoms with Gasteiger partial charge in [-0.15, -0.1) is 11.3 Å². The Balaban J connectivity index is 2.67. The molecule has 1 rings (SSSR count). The van der Waals surface area contributed by atoms with Crippen LogP contribution in [0.5, 0.6) is 0 Å². The molecule has 0 amide bonds. The normalized spacial score (nSPS) is 12.9. The largest absolute Gasteiger partial charge is 0.387 e. The zero-order valence-corrected chi connectivity index (χ0v) is 7.23. The summed E-state index contributed by atoms with van der Waals surface area (Å²) in [5, 5.41) is 9.25. The van der Waals surface area contributed by atoms with Crippen molar-refractivity contribution in [2.45, 2.75) is 12.5 Å². The van der Waals surface area contributed by atoms with Gasteiger partial charge < -0.3 is 9.90 Å². The number of carbonyl (C=O) groups excluding carboxylic acids is 1. The van der Waals surface area contributed by atoms with E-state index in [2.05, 4.69) is 0 Å². The third-order valence-electron chi connectivity index (χ3n) is 1.24. The van der Waals surface area contributed by atoms with Gasteiger partial charge >= 0.3 is 0 Å². The van der Waals surface area contributed by atoms with Gasteiger partial charge in [0.2, 0.25) is 0 Å². The van der Waals surface area contributed by atoms with Gasteiger partial charge in [0.25, 0.3) is 0 Å². The van der Waals surface area contributed by atoms with E-state index >= 15 is 0 Å². The van der Waals surface area contributed by atoms with Crippen molar-refractivity contribution in [3.8, 4) is 0 Å². The van der Waals surface area contributed by atoms with Crippen LogP contribution in [0.3, 0.4) is 0 Å². The molecule has 1 atom stereocenters. The first kappa shape index (κ1) is 8.71. The highest BCUT2D eigenvalue weighted by Gasteiger charge is 2.08. The molecule has 60 valence electrons. The Labute approximate surface area is 73.4 Å². The number of hydrogen-bond donors (Lipinski definition) is 1. The number of aliphatic hydroxyl groups is 1. The van der Waals surface area contributed by atoms with Crippen molar-refractivity contribution in [2.75, 3.05) is 0 Å². The molecule has 1 heterocycles. The lowest BCUT2D eigenvalue weighted by Crippen LogP contribution is -1.93. The Morgan fingerprint density at radius 1 is 1.73 bits per heavy atom. The third-order valence-corrected chi connectivity index (χ3v) is 2.57.